The smallest absolute Gasteiger partial charge is 0.336 e. The summed E-state index contributed by atoms with van der Waals surface area (Å²) in [5.41, 5.74) is 0.387. The molecule has 0 aliphatic carbocycles. The first-order chi connectivity index (χ1) is 9.99. The fourth-order valence-corrected chi connectivity index (χ4v) is 2.05. The van der Waals surface area contributed by atoms with Crippen molar-refractivity contribution in [2.45, 2.75) is 0 Å². The summed E-state index contributed by atoms with van der Waals surface area (Å²) in [6.45, 7) is 0. The molecule has 2 rings (SSSR count). The molecule has 0 aliphatic rings. The fourth-order valence-electron chi connectivity index (χ4n) is 1.86. The Morgan fingerprint density at radius 3 is 2.52 bits per heavy atom. The van der Waals surface area contributed by atoms with E-state index < -0.39 is 10.9 Å². The molecule has 0 amide bonds. The molecule has 0 aromatic heterocycles. The van der Waals surface area contributed by atoms with Gasteiger partial charge in [-0.3, -0.25) is 10.1 Å². The van der Waals surface area contributed by atoms with E-state index in [9.17, 15) is 20.0 Å². The molecule has 0 unspecified atom stereocenters. The average molecular weight is 304 g/mol. The Kier molecular flexibility index (Phi) is 4.35. The molecule has 0 spiro atoms. The molecule has 2 aromatic carbocycles. The van der Waals surface area contributed by atoms with Gasteiger partial charge in [-0.2, -0.15) is 0 Å². The van der Waals surface area contributed by atoms with Gasteiger partial charge in [0.25, 0.3) is 5.69 Å². The summed E-state index contributed by atoms with van der Waals surface area (Å²) in [6.07, 6.45) is 1.27. The molecule has 0 saturated carbocycles. The highest BCUT2D eigenvalue weighted by molar-refractivity contribution is 6.31. The quantitative estimate of drug-likeness (QED) is 0.402. The maximum Gasteiger partial charge on any atom is 0.336 e. The highest BCUT2D eigenvalue weighted by Gasteiger charge is 2.15. The van der Waals surface area contributed by atoms with Crippen LogP contribution in [0.2, 0.25) is 5.02 Å². The number of nitro benzene ring substituents is 1. The highest BCUT2D eigenvalue weighted by Crippen LogP contribution is 2.26. The van der Waals surface area contributed by atoms with Crippen LogP contribution in [0, 0.1) is 10.1 Å². The van der Waals surface area contributed by atoms with Gasteiger partial charge in [0.2, 0.25) is 0 Å². The number of hydrogen-bond donors (Lipinski definition) is 1. The van der Waals surface area contributed by atoms with Crippen molar-refractivity contribution in [1.29, 1.82) is 0 Å². The van der Waals surface area contributed by atoms with Crippen LogP contribution >= 0.6 is 11.6 Å². The van der Waals surface area contributed by atoms with Crippen molar-refractivity contribution < 1.29 is 14.8 Å². The van der Waals surface area contributed by atoms with Gasteiger partial charge in [-0.15, -0.1) is 0 Å². The standard InChI is InChI=1S/C15H10ClNO4/c16-12-6-3-5-10(8-12)13(15(18)19)9-11-4-1-2-7-14(11)17(20)21/h1-9H,(H,18,19)/b13-9-. The monoisotopic (exact) mass is 303 g/mol. The summed E-state index contributed by atoms with van der Waals surface area (Å²) in [4.78, 5) is 21.8. The van der Waals surface area contributed by atoms with E-state index in [0.717, 1.165) is 0 Å². The van der Waals surface area contributed by atoms with Crippen LogP contribution in [0.1, 0.15) is 11.1 Å². The molecule has 21 heavy (non-hydrogen) atoms. The van der Waals surface area contributed by atoms with E-state index in [1.807, 2.05) is 0 Å². The van der Waals surface area contributed by atoms with Gasteiger partial charge in [-0.1, -0.05) is 35.9 Å². The van der Waals surface area contributed by atoms with E-state index in [1.165, 1.54) is 30.3 Å². The van der Waals surface area contributed by atoms with Crippen LogP contribution in [0.15, 0.2) is 48.5 Å². The molecule has 0 heterocycles. The molecule has 0 bridgehead atoms. The SMILES string of the molecule is O=C(O)/C(=C\c1ccccc1[N+](=O)[O-])c1cccc(Cl)c1. The van der Waals surface area contributed by atoms with Gasteiger partial charge in [0.1, 0.15) is 0 Å². The third-order valence-corrected chi connectivity index (χ3v) is 3.03. The molecule has 0 saturated heterocycles. The molecule has 0 aliphatic heterocycles. The fraction of sp³-hybridized carbons (Fsp3) is 0. The van der Waals surface area contributed by atoms with E-state index in [2.05, 4.69) is 0 Å². The second-order valence-corrected chi connectivity index (χ2v) is 4.63. The molecule has 106 valence electrons. The van der Waals surface area contributed by atoms with Gasteiger partial charge >= 0.3 is 5.97 Å². The summed E-state index contributed by atoms with van der Waals surface area (Å²) < 4.78 is 0. The average Bonchev–Trinajstić information content (AvgIpc) is 2.44. The maximum absolute atomic E-state index is 11.4. The van der Waals surface area contributed by atoms with E-state index in [-0.39, 0.29) is 16.8 Å². The van der Waals surface area contributed by atoms with E-state index in [0.29, 0.717) is 10.6 Å². The largest absolute Gasteiger partial charge is 0.478 e. The number of carbonyl (C=O) groups is 1. The summed E-state index contributed by atoms with van der Waals surface area (Å²) in [7, 11) is 0. The van der Waals surface area contributed by atoms with Gasteiger partial charge in [0.05, 0.1) is 16.1 Å². The van der Waals surface area contributed by atoms with Crippen LogP contribution < -0.4 is 0 Å². The van der Waals surface area contributed by atoms with E-state index in [1.54, 1.807) is 24.3 Å². The van der Waals surface area contributed by atoms with Crippen LogP contribution in [-0.2, 0) is 4.79 Å². The Morgan fingerprint density at radius 2 is 1.90 bits per heavy atom. The lowest BCUT2D eigenvalue weighted by Crippen LogP contribution is -2.00. The predicted octanol–water partition coefficient (Wildman–Crippen LogP) is 3.87. The zero-order valence-electron chi connectivity index (χ0n) is 10.7. The lowest BCUT2D eigenvalue weighted by Gasteiger charge is -2.04. The Hall–Kier alpha value is -2.66. The molecule has 6 heteroatoms. The zero-order valence-corrected chi connectivity index (χ0v) is 11.4. The third-order valence-electron chi connectivity index (χ3n) is 2.80. The minimum absolute atomic E-state index is 0.0631. The van der Waals surface area contributed by atoms with E-state index >= 15 is 0 Å². The molecular formula is C15H10ClNO4. The van der Waals surface area contributed by atoms with Crippen molar-refractivity contribution >= 4 is 34.9 Å². The first-order valence-corrected chi connectivity index (χ1v) is 6.31. The highest BCUT2D eigenvalue weighted by atomic mass is 35.5. The minimum Gasteiger partial charge on any atom is -0.478 e. The van der Waals surface area contributed by atoms with Gasteiger partial charge in [-0.05, 0) is 29.8 Å². The van der Waals surface area contributed by atoms with Crippen molar-refractivity contribution in [1.82, 2.24) is 0 Å². The maximum atomic E-state index is 11.4. The second-order valence-electron chi connectivity index (χ2n) is 4.19. The minimum atomic E-state index is -1.18. The number of rotatable bonds is 4. The van der Waals surface area contributed by atoms with Gasteiger partial charge in [0, 0.05) is 11.1 Å². The number of benzene rings is 2. The topological polar surface area (TPSA) is 80.4 Å². The lowest BCUT2D eigenvalue weighted by atomic mass is 10.0. The number of para-hydroxylation sites is 1. The molecule has 0 fully saturated rings. The number of halogens is 1. The molecule has 2 aromatic rings. The van der Waals surface area contributed by atoms with Crippen LogP contribution in [0.5, 0.6) is 0 Å². The lowest BCUT2D eigenvalue weighted by molar-refractivity contribution is -0.385. The van der Waals surface area contributed by atoms with Crippen molar-refractivity contribution in [2.75, 3.05) is 0 Å². The van der Waals surface area contributed by atoms with Gasteiger partial charge < -0.3 is 5.11 Å². The first kappa shape index (κ1) is 14.7. The number of aliphatic carboxylic acids is 1. The first-order valence-electron chi connectivity index (χ1n) is 5.93. The van der Waals surface area contributed by atoms with Crippen molar-refractivity contribution in [3.05, 3.63) is 74.8 Å². The molecular weight excluding hydrogens is 294 g/mol. The van der Waals surface area contributed by atoms with Gasteiger partial charge in [-0.25, -0.2) is 4.79 Å². The molecule has 5 nitrogen and oxygen atoms in total. The van der Waals surface area contributed by atoms with Crippen molar-refractivity contribution in [3.63, 3.8) is 0 Å². The summed E-state index contributed by atoms with van der Waals surface area (Å²) in [5.74, 6) is -1.18. The number of carboxylic acid groups (broad SMARTS) is 1. The predicted molar refractivity (Wildman–Crippen MR) is 80.1 cm³/mol. The Bertz CT molecular complexity index is 740. The number of hydrogen-bond acceptors (Lipinski definition) is 3. The van der Waals surface area contributed by atoms with Crippen molar-refractivity contribution in [3.8, 4) is 0 Å². The molecule has 0 radical (unpaired) electrons. The summed E-state index contributed by atoms with van der Waals surface area (Å²) in [6, 6.07) is 12.3. The van der Waals surface area contributed by atoms with Crippen LogP contribution in [0.4, 0.5) is 5.69 Å². The van der Waals surface area contributed by atoms with Crippen LogP contribution in [-0.4, -0.2) is 16.0 Å². The zero-order chi connectivity index (χ0) is 15.4. The van der Waals surface area contributed by atoms with Crippen molar-refractivity contribution in [2.24, 2.45) is 0 Å². The third kappa shape index (κ3) is 3.46. The number of nitro groups is 1. The van der Waals surface area contributed by atoms with Crippen LogP contribution in [0.3, 0.4) is 0 Å². The molecule has 0 atom stereocenters. The summed E-state index contributed by atoms with van der Waals surface area (Å²) in [5, 5.41) is 20.7. The van der Waals surface area contributed by atoms with E-state index in [4.69, 9.17) is 11.6 Å². The summed E-state index contributed by atoms with van der Waals surface area (Å²) >= 11 is 5.85. The number of carboxylic acids is 1. The van der Waals surface area contributed by atoms with Crippen LogP contribution in [0.25, 0.3) is 11.6 Å². The Balaban J connectivity index is 2.59. The Morgan fingerprint density at radius 1 is 1.19 bits per heavy atom. The second kappa shape index (κ2) is 6.19. The number of nitrogens with zero attached hydrogens (tertiary/aromatic N) is 1. The van der Waals surface area contributed by atoms with Gasteiger partial charge in [0.15, 0.2) is 0 Å². The molecule has 1 N–H and O–H groups in total. The normalized spacial score (nSPS) is 11.2. The Labute approximate surface area is 125 Å².